The lowest BCUT2D eigenvalue weighted by Crippen LogP contribution is -2.41. The summed E-state index contributed by atoms with van der Waals surface area (Å²) >= 11 is 0. The zero-order valence-corrected chi connectivity index (χ0v) is 17.5. The Kier molecular flexibility index (Phi) is 6.20. The van der Waals surface area contributed by atoms with Gasteiger partial charge in [0, 0.05) is 13.1 Å². The van der Waals surface area contributed by atoms with Crippen molar-refractivity contribution in [3.63, 3.8) is 0 Å². The van der Waals surface area contributed by atoms with Crippen LogP contribution >= 0.6 is 0 Å². The van der Waals surface area contributed by atoms with Crippen molar-refractivity contribution in [3.8, 4) is 11.5 Å². The quantitative estimate of drug-likeness (QED) is 0.634. The minimum Gasteiger partial charge on any atom is -0.457 e. The first-order valence-electron chi connectivity index (χ1n) is 9.85. The zero-order valence-electron chi connectivity index (χ0n) is 16.7. The van der Waals surface area contributed by atoms with Gasteiger partial charge in [-0.2, -0.15) is 0 Å². The fourth-order valence-corrected chi connectivity index (χ4v) is 4.29. The lowest BCUT2D eigenvalue weighted by molar-refractivity contribution is 0.0303. The molecule has 0 aliphatic carbocycles. The Bertz CT molecular complexity index is 1140. The van der Waals surface area contributed by atoms with Gasteiger partial charge in [0.1, 0.15) is 11.5 Å². The fraction of sp³-hybridized carbons (Fsp3) is 0.174. The monoisotopic (exact) mass is 438 g/mol. The van der Waals surface area contributed by atoms with Gasteiger partial charge in [0.2, 0.25) is 0 Å². The molecule has 1 fully saturated rings. The summed E-state index contributed by atoms with van der Waals surface area (Å²) in [5.74, 6) is 0.952. The average molecular weight is 439 g/mol. The molecule has 3 aromatic rings. The van der Waals surface area contributed by atoms with Crippen LogP contribution in [0.3, 0.4) is 0 Å². The number of anilines is 1. The van der Waals surface area contributed by atoms with Crippen LogP contribution in [0.5, 0.6) is 11.5 Å². The number of rotatable bonds is 6. The van der Waals surface area contributed by atoms with E-state index in [1.54, 1.807) is 41.3 Å². The number of amides is 1. The van der Waals surface area contributed by atoms with Crippen molar-refractivity contribution in [1.82, 2.24) is 4.90 Å². The van der Waals surface area contributed by atoms with Gasteiger partial charge in [0.25, 0.3) is 15.9 Å². The van der Waals surface area contributed by atoms with Gasteiger partial charge < -0.3 is 14.4 Å². The predicted molar refractivity (Wildman–Crippen MR) is 117 cm³/mol. The van der Waals surface area contributed by atoms with Gasteiger partial charge >= 0.3 is 0 Å². The van der Waals surface area contributed by atoms with Crippen LogP contribution in [0.25, 0.3) is 0 Å². The minimum atomic E-state index is -3.89. The molecule has 8 heteroatoms. The standard InChI is InChI=1S/C23H22N2O5S/c26-23(25-14-16-29-17-15-25)21-8-4-5-9-22(21)24-31(27,28)20-12-10-19(11-13-20)30-18-6-2-1-3-7-18/h1-13,24H,14-17H2. The van der Waals surface area contributed by atoms with Gasteiger partial charge in [-0.3, -0.25) is 9.52 Å². The first-order valence-corrected chi connectivity index (χ1v) is 11.3. The Labute approximate surface area is 181 Å². The van der Waals surface area contributed by atoms with Crippen LogP contribution in [0.15, 0.2) is 83.8 Å². The molecule has 3 aromatic carbocycles. The molecular weight excluding hydrogens is 416 g/mol. The molecule has 1 N–H and O–H groups in total. The third-order valence-electron chi connectivity index (χ3n) is 4.81. The highest BCUT2D eigenvalue weighted by Crippen LogP contribution is 2.25. The summed E-state index contributed by atoms with van der Waals surface area (Å²) in [6, 6.07) is 21.9. The molecule has 1 saturated heterocycles. The second kappa shape index (κ2) is 9.20. The van der Waals surface area contributed by atoms with E-state index in [-0.39, 0.29) is 16.5 Å². The summed E-state index contributed by atoms with van der Waals surface area (Å²) in [7, 11) is -3.89. The molecule has 0 unspecified atom stereocenters. The molecular formula is C23H22N2O5S. The van der Waals surface area contributed by atoms with E-state index in [1.807, 2.05) is 30.3 Å². The Hall–Kier alpha value is -3.36. The molecule has 0 bridgehead atoms. The fourth-order valence-electron chi connectivity index (χ4n) is 3.21. The summed E-state index contributed by atoms with van der Waals surface area (Å²) in [4.78, 5) is 14.6. The molecule has 0 saturated carbocycles. The largest absolute Gasteiger partial charge is 0.457 e. The summed E-state index contributed by atoms with van der Waals surface area (Å²) in [5, 5.41) is 0. The number of carbonyl (C=O) groups is 1. The smallest absolute Gasteiger partial charge is 0.261 e. The van der Waals surface area contributed by atoms with Crippen LogP contribution in [0, 0.1) is 0 Å². The Morgan fingerprint density at radius 2 is 1.45 bits per heavy atom. The molecule has 1 aliphatic rings. The van der Waals surface area contributed by atoms with Crippen LogP contribution in [-0.4, -0.2) is 45.5 Å². The van der Waals surface area contributed by atoms with E-state index in [2.05, 4.69) is 4.72 Å². The molecule has 0 spiro atoms. The molecule has 1 amide bonds. The normalized spacial score (nSPS) is 14.1. The van der Waals surface area contributed by atoms with Crippen molar-refractivity contribution < 1.29 is 22.7 Å². The van der Waals surface area contributed by atoms with E-state index in [0.717, 1.165) is 0 Å². The highest BCUT2D eigenvalue weighted by atomic mass is 32.2. The maximum absolute atomic E-state index is 12.9. The van der Waals surface area contributed by atoms with Crippen molar-refractivity contribution in [2.45, 2.75) is 4.90 Å². The number of carbonyl (C=O) groups excluding carboxylic acids is 1. The Morgan fingerprint density at radius 1 is 0.839 bits per heavy atom. The molecule has 0 aromatic heterocycles. The van der Waals surface area contributed by atoms with Crippen LogP contribution in [0.4, 0.5) is 5.69 Å². The van der Waals surface area contributed by atoms with Gasteiger partial charge in [0.05, 0.1) is 29.4 Å². The number of morpholine rings is 1. The summed E-state index contributed by atoms with van der Waals surface area (Å²) in [6.07, 6.45) is 0. The van der Waals surface area contributed by atoms with Crippen molar-refractivity contribution >= 4 is 21.6 Å². The number of ether oxygens (including phenoxy) is 2. The minimum absolute atomic E-state index is 0.0709. The first-order chi connectivity index (χ1) is 15.0. The molecule has 160 valence electrons. The van der Waals surface area contributed by atoms with Crippen LogP contribution < -0.4 is 9.46 Å². The lowest BCUT2D eigenvalue weighted by atomic mass is 10.1. The summed E-state index contributed by atoms with van der Waals surface area (Å²) in [6.45, 7) is 1.89. The number of hydrogen-bond acceptors (Lipinski definition) is 5. The third kappa shape index (κ3) is 5.04. The molecule has 1 heterocycles. The third-order valence-corrected chi connectivity index (χ3v) is 6.19. The molecule has 0 radical (unpaired) electrons. The molecule has 4 rings (SSSR count). The number of sulfonamides is 1. The van der Waals surface area contributed by atoms with Crippen LogP contribution in [-0.2, 0) is 14.8 Å². The highest BCUT2D eigenvalue weighted by molar-refractivity contribution is 7.92. The summed E-state index contributed by atoms with van der Waals surface area (Å²) < 4.78 is 39.4. The first kappa shape index (κ1) is 20.9. The SMILES string of the molecule is O=C(c1ccccc1NS(=O)(=O)c1ccc(Oc2ccccc2)cc1)N1CCOCC1. The Morgan fingerprint density at radius 3 is 2.16 bits per heavy atom. The Balaban J connectivity index is 1.52. The number of hydrogen-bond donors (Lipinski definition) is 1. The maximum Gasteiger partial charge on any atom is 0.261 e. The number of nitrogens with zero attached hydrogens (tertiary/aromatic N) is 1. The van der Waals surface area contributed by atoms with Crippen molar-refractivity contribution in [3.05, 3.63) is 84.4 Å². The van der Waals surface area contributed by atoms with E-state index in [4.69, 9.17) is 9.47 Å². The van der Waals surface area contributed by atoms with Gasteiger partial charge in [0.15, 0.2) is 0 Å². The van der Waals surface area contributed by atoms with E-state index in [0.29, 0.717) is 43.4 Å². The maximum atomic E-state index is 12.9. The van der Waals surface area contributed by atoms with E-state index < -0.39 is 10.0 Å². The van der Waals surface area contributed by atoms with Gasteiger partial charge in [-0.1, -0.05) is 30.3 Å². The number of para-hydroxylation sites is 2. The lowest BCUT2D eigenvalue weighted by Gasteiger charge is -2.27. The second-order valence-corrected chi connectivity index (χ2v) is 8.62. The van der Waals surface area contributed by atoms with Crippen LogP contribution in [0.1, 0.15) is 10.4 Å². The van der Waals surface area contributed by atoms with Gasteiger partial charge in [-0.15, -0.1) is 0 Å². The molecule has 7 nitrogen and oxygen atoms in total. The zero-order chi connectivity index (χ0) is 21.7. The van der Waals surface area contributed by atoms with Crippen molar-refractivity contribution in [2.75, 3.05) is 31.0 Å². The van der Waals surface area contributed by atoms with Gasteiger partial charge in [-0.05, 0) is 48.5 Å². The van der Waals surface area contributed by atoms with E-state index >= 15 is 0 Å². The topological polar surface area (TPSA) is 84.9 Å². The van der Waals surface area contributed by atoms with E-state index in [1.165, 1.54) is 12.1 Å². The average Bonchev–Trinajstić information content (AvgIpc) is 2.80. The number of benzene rings is 3. The summed E-state index contributed by atoms with van der Waals surface area (Å²) in [5.41, 5.74) is 0.542. The van der Waals surface area contributed by atoms with Crippen LogP contribution in [0.2, 0.25) is 0 Å². The van der Waals surface area contributed by atoms with E-state index in [9.17, 15) is 13.2 Å². The molecule has 0 atom stereocenters. The highest BCUT2D eigenvalue weighted by Gasteiger charge is 2.23. The van der Waals surface area contributed by atoms with Gasteiger partial charge in [-0.25, -0.2) is 8.42 Å². The van der Waals surface area contributed by atoms with Crippen molar-refractivity contribution in [2.24, 2.45) is 0 Å². The molecule has 1 aliphatic heterocycles. The molecule has 31 heavy (non-hydrogen) atoms. The number of nitrogens with one attached hydrogen (secondary N) is 1. The van der Waals surface area contributed by atoms with Crippen molar-refractivity contribution in [1.29, 1.82) is 0 Å². The second-order valence-electron chi connectivity index (χ2n) is 6.94. The predicted octanol–water partition coefficient (Wildman–Crippen LogP) is 3.75.